The Balaban J connectivity index is 1.94. The number of fused-ring (bicyclic) bond motifs is 1. The van der Waals surface area contributed by atoms with Crippen molar-refractivity contribution in [3.63, 3.8) is 0 Å². The molecule has 20 heavy (non-hydrogen) atoms. The molecule has 0 atom stereocenters. The van der Waals surface area contributed by atoms with E-state index in [0.717, 1.165) is 28.8 Å². The van der Waals surface area contributed by atoms with Crippen molar-refractivity contribution in [1.82, 2.24) is 20.0 Å². The van der Waals surface area contributed by atoms with Gasteiger partial charge in [-0.05, 0) is 47.3 Å². The molecule has 0 aromatic rings. The van der Waals surface area contributed by atoms with Gasteiger partial charge in [-0.3, -0.25) is 4.90 Å². The van der Waals surface area contributed by atoms with E-state index in [1.807, 2.05) is 37.6 Å². The molecule has 6 heteroatoms. The number of halogens is 1. The van der Waals surface area contributed by atoms with Crippen LogP contribution < -0.4 is 0 Å². The molecule has 3 rings (SSSR count). The molecular weight excluding hydrogens is 320 g/mol. The fraction of sp³-hybridized carbons (Fsp3) is 0.500. The van der Waals surface area contributed by atoms with Gasteiger partial charge in [-0.2, -0.15) is 0 Å². The maximum absolute atomic E-state index is 12.6. The predicted molar refractivity (Wildman–Crippen MR) is 81.1 cm³/mol. The number of rotatable bonds is 1. The van der Waals surface area contributed by atoms with E-state index in [1.165, 1.54) is 19.3 Å². The molecule has 0 spiro atoms. The van der Waals surface area contributed by atoms with Gasteiger partial charge in [-0.15, -0.1) is 0 Å². The van der Waals surface area contributed by atoms with Crippen molar-refractivity contribution in [3.8, 4) is 0 Å². The van der Waals surface area contributed by atoms with E-state index in [9.17, 15) is 4.79 Å². The highest BCUT2D eigenvalue weighted by molar-refractivity contribution is 9.12. The fourth-order valence-electron chi connectivity index (χ4n) is 2.77. The second-order valence-electron chi connectivity index (χ2n) is 5.39. The van der Waals surface area contributed by atoms with Gasteiger partial charge in [0.15, 0.2) is 0 Å². The van der Waals surface area contributed by atoms with Crippen LogP contribution in [0.1, 0.15) is 26.2 Å². The molecule has 3 aliphatic heterocycles. The van der Waals surface area contributed by atoms with E-state index in [4.69, 9.17) is 0 Å². The minimum Gasteiger partial charge on any atom is -0.265 e. The summed E-state index contributed by atoms with van der Waals surface area (Å²) < 4.78 is 0.945. The number of nitrogens with zero attached hydrogens (tertiary/aromatic N) is 4. The van der Waals surface area contributed by atoms with Crippen LogP contribution in [0.25, 0.3) is 0 Å². The molecule has 1 fully saturated rings. The molecule has 0 aliphatic carbocycles. The van der Waals surface area contributed by atoms with E-state index < -0.39 is 0 Å². The number of piperidine rings is 1. The number of carbonyl (C=O) groups is 1. The van der Waals surface area contributed by atoms with Gasteiger partial charge in [-0.1, -0.05) is 6.42 Å². The van der Waals surface area contributed by atoms with Crippen molar-refractivity contribution >= 4 is 22.0 Å². The molecule has 0 bridgehead atoms. The number of hydrazine groups is 2. The van der Waals surface area contributed by atoms with Crippen LogP contribution >= 0.6 is 15.9 Å². The monoisotopic (exact) mass is 338 g/mol. The van der Waals surface area contributed by atoms with Gasteiger partial charge in [0.25, 0.3) is 0 Å². The highest BCUT2D eigenvalue weighted by Crippen LogP contribution is 2.33. The number of hydrogen-bond acceptors (Lipinski definition) is 3. The lowest BCUT2D eigenvalue weighted by Crippen LogP contribution is -2.58. The summed E-state index contributed by atoms with van der Waals surface area (Å²) in [6.45, 7) is 3.98. The summed E-state index contributed by atoms with van der Waals surface area (Å²) in [7, 11) is 1.82. The van der Waals surface area contributed by atoms with E-state index in [1.54, 1.807) is 9.91 Å². The first-order valence-electron chi connectivity index (χ1n) is 6.96. The zero-order chi connectivity index (χ0) is 14.3. The van der Waals surface area contributed by atoms with Crippen LogP contribution in [0.3, 0.4) is 0 Å². The molecule has 0 N–H and O–H groups in total. The molecular formula is C14H19BrN4O. The zero-order valence-corrected chi connectivity index (χ0v) is 13.4. The third kappa shape index (κ3) is 2.27. The SMILES string of the molecule is CC1=CN2C(=O)N(C)N(N3CCCCC3)C=C2C(Br)=C1. The smallest absolute Gasteiger partial charge is 0.265 e. The van der Waals surface area contributed by atoms with Crippen molar-refractivity contribution in [2.45, 2.75) is 26.2 Å². The third-order valence-electron chi connectivity index (χ3n) is 3.84. The molecule has 3 heterocycles. The Morgan fingerprint density at radius 3 is 2.55 bits per heavy atom. The predicted octanol–water partition coefficient (Wildman–Crippen LogP) is 3.01. The average Bonchev–Trinajstić information content (AvgIpc) is 2.44. The first-order valence-corrected chi connectivity index (χ1v) is 7.76. The van der Waals surface area contributed by atoms with Crippen LogP contribution in [0.15, 0.2) is 34.2 Å². The molecule has 5 nitrogen and oxygen atoms in total. The van der Waals surface area contributed by atoms with E-state index >= 15 is 0 Å². The van der Waals surface area contributed by atoms with Gasteiger partial charge < -0.3 is 0 Å². The normalized spacial score (nSPS) is 24.2. The van der Waals surface area contributed by atoms with Crippen LogP contribution in [-0.2, 0) is 0 Å². The minimum atomic E-state index is -0.0301. The molecule has 0 aromatic heterocycles. The lowest BCUT2D eigenvalue weighted by Gasteiger charge is -2.46. The summed E-state index contributed by atoms with van der Waals surface area (Å²) in [5.74, 6) is 0. The van der Waals surface area contributed by atoms with E-state index in [2.05, 4.69) is 20.9 Å². The topological polar surface area (TPSA) is 30.0 Å². The fourth-order valence-corrected chi connectivity index (χ4v) is 3.43. The number of allylic oxidation sites excluding steroid dienone is 3. The lowest BCUT2D eigenvalue weighted by atomic mass is 10.1. The lowest BCUT2D eigenvalue weighted by molar-refractivity contribution is -0.124. The van der Waals surface area contributed by atoms with Gasteiger partial charge in [0, 0.05) is 30.8 Å². The molecule has 3 aliphatic rings. The second kappa shape index (κ2) is 5.26. The minimum absolute atomic E-state index is 0.0301. The van der Waals surface area contributed by atoms with Gasteiger partial charge in [0.1, 0.15) is 0 Å². The van der Waals surface area contributed by atoms with Crippen LogP contribution in [0.2, 0.25) is 0 Å². The Morgan fingerprint density at radius 2 is 1.85 bits per heavy atom. The molecule has 1 saturated heterocycles. The standard InChI is InChI=1S/C14H19BrN4O/c1-11-8-12(15)13-10-19(17-6-4-3-5-7-17)16(2)14(20)18(13)9-11/h8-10H,3-7H2,1-2H3. The van der Waals surface area contributed by atoms with Gasteiger partial charge in [-0.25, -0.2) is 19.9 Å². The second-order valence-corrected chi connectivity index (χ2v) is 6.24. The van der Waals surface area contributed by atoms with Gasteiger partial charge in [0.05, 0.1) is 11.9 Å². The highest BCUT2D eigenvalue weighted by Gasteiger charge is 2.34. The maximum atomic E-state index is 12.6. The number of carbonyl (C=O) groups excluding carboxylic acids is 1. The first kappa shape index (κ1) is 13.7. The Bertz CT molecular complexity index is 519. The Labute approximate surface area is 127 Å². The number of hydrogen-bond donors (Lipinski definition) is 0. The molecule has 0 radical (unpaired) electrons. The van der Waals surface area contributed by atoms with E-state index in [-0.39, 0.29) is 6.03 Å². The Hall–Kier alpha value is -1.27. The summed E-state index contributed by atoms with van der Waals surface area (Å²) in [5, 5.41) is 5.86. The van der Waals surface area contributed by atoms with Crippen molar-refractivity contribution in [2.24, 2.45) is 0 Å². The number of urea groups is 1. The van der Waals surface area contributed by atoms with Crippen LogP contribution in [0, 0.1) is 0 Å². The quantitative estimate of drug-likeness (QED) is 0.736. The Kier molecular flexibility index (Phi) is 3.60. The highest BCUT2D eigenvalue weighted by atomic mass is 79.9. The van der Waals surface area contributed by atoms with Crippen molar-refractivity contribution in [2.75, 3.05) is 20.1 Å². The van der Waals surface area contributed by atoms with Crippen molar-refractivity contribution < 1.29 is 4.79 Å². The summed E-state index contributed by atoms with van der Waals surface area (Å²) in [6.07, 6.45) is 9.58. The van der Waals surface area contributed by atoms with E-state index in [0.29, 0.717) is 0 Å². The summed E-state index contributed by atoms with van der Waals surface area (Å²) in [4.78, 5) is 14.2. The summed E-state index contributed by atoms with van der Waals surface area (Å²) in [6, 6.07) is -0.0301. The summed E-state index contributed by atoms with van der Waals surface area (Å²) >= 11 is 3.56. The molecule has 2 amide bonds. The zero-order valence-electron chi connectivity index (χ0n) is 11.8. The largest absolute Gasteiger partial charge is 0.348 e. The first-order chi connectivity index (χ1) is 9.58. The molecule has 0 aromatic carbocycles. The summed E-state index contributed by atoms with van der Waals surface area (Å²) in [5.41, 5.74) is 1.95. The molecule has 0 unspecified atom stereocenters. The number of amides is 2. The third-order valence-corrected chi connectivity index (χ3v) is 4.48. The van der Waals surface area contributed by atoms with Gasteiger partial charge >= 0.3 is 6.03 Å². The maximum Gasteiger partial charge on any atom is 0.348 e. The van der Waals surface area contributed by atoms with Gasteiger partial charge in [0.2, 0.25) is 0 Å². The molecule has 108 valence electrons. The average molecular weight is 339 g/mol. The molecule has 0 saturated carbocycles. The van der Waals surface area contributed by atoms with Crippen LogP contribution in [0.4, 0.5) is 4.79 Å². The van der Waals surface area contributed by atoms with Crippen LogP contribution in [0.5, 0.6) is 0 Å². The van der Waals surface area contributed by atoms with Crippen LogP contribution in [-0.4, -0.2) is 46.2 Å². The van der Waals surface area contributed by atoms with Crippen molar-refractivity contribution in [1.29, 1.82) is 0 Å². The van der Waals surface area contributed by atoms with Crippen molar-refractivity contribution in [3.05, 3.63) is 34.2 Å². The Morgan fingerprint density at radius 1 is 1.15 bits per heavy atom.